The number of nitrogens with zero attached hydrogens (tertiary/aromatic N) is 2. The number of methoxy groups -OCH3 is 2. The van der Waals surface area contributed by atoms with Gasteiger partial charge in [-0.25, -0.2) is 0 Å². The third-order valence-corrected chi connectivity index (χ3v) is 7.57. The van der Waals surface area contributed by atoms with Crippen molar-refractivity contribution in [2.75, 3.05) is 45.4 Å². The summed E-state index contributed by atoms with van der Waals surface area (Å²) in [6, 6.07) is 6.64. The number of fused-ring (bicyclic) bond motifs is 1. The van der Waals surface area contributed by atoms with E-state index < -0.39 is 0 Å². The van der Waals surface area contributed by atoms with E-state index in [1.807, 2.05) is 0 Å². The molecule has 6 heteroatoms. The number of likely N-dealkylation sites (tertiary alicyclic amines) is 1. The lowest BCUT2D eigenvalue weighted by molar-refractivity contribution is -0.118. The number of rotatable bonds is 8. The number of ether oxygens (including phenoxy) is 3. The second-order valence-electron chi connectivity index (χ2n) is 9.61. The third-order valence-electron chi connectivity index (χ3n) is 7.57. The Labute approximate surface area is 186 Å². The van der Waals surface area contributed by atoms with Gasteiger partial charge in [-0.05, 0) is 62.6 Å². The van der Waals surface area contributed by atoms with E-state index in [9.17, 15) is 4.79 Å². The lowest BCUT2D eigenvalue weighted by Gasteiger charge is -2.49. The fraction of sp³-hybridized carbons (Fsp3) is 0.720. The van der Waals surface area contributed by atoms with Crippen LogP contribution >= 0.6 is 0 Å². The summed E-state index contributed by atoms with van der Waals surface area (Å²) in [4.78, 5) is 17.6. The van der Waals surface area contributed by atoms with Gasteiger partial charge < -0.3 is 19.1 Å². The summed E-state index contributed by atoms with van der Waals surface area (Å²) in [7, 11) is 3.43. The molecule has 3 aliphatic rings. The van der Waals surface area contributed by atoms with Crippen LogP contribution in [0.5, 0.6) is 0 Å². The number of carbonyl (C=O) groups excluding carboxylic acids is 1. The molecule has 1 saturated heterocycles. The topological polar surface area (TPSA) is 51.2 Å². The molecule has 0 atom stereocenters. The molecule has 2 aliphatic heterocycles. The predicted molar refractivity (Wildman–Crippen MR) is 121 cm³/mol. The van der Waals surface area contributed by atoms with Crippen LogP contribution in [-0.2, 0) is 32.0 Å². The van der Waals surface area contributed by atoms with Gasteiger partial charge in [0.1, 0.15) is 0 Å². The Kier molecular flexibility index (Phi) is 7.32. The molecule has 0 spiro atoms. The lowest BCUT2D eigenvalue weighted by Crippen LogP contribution is -2.55. The maximum absolute atomic E-state index is 12.8. The number of amides is 1. The van der Waals surface area contributed by atoms with Crippen LogP contribution in [0, 0.1) is 0 Å². The summed E-state index contributed by atoms with van der Waals surface area (Å²) < 4.78 is 16.4. The highest BCUT2D eigenvalue weighted by molar-refractivity contribution is 6.02. The molecule has 2 fully saturated rings. The first-order valence-electron chi connectivity index (χ1n) is 11.8. The first-order valence-corrected chi connectivity index (χ1v) is 11.8. The van der Waals surface area contributed by atoms with Crippen molar-refractivity contribution in [3.63, 3.8) is 0 Å². The van der Waals surface area contributed by atoms with Crippen molar-refractivity contribution < 1.29 is 19.0 Å². The van der Waals surface area contributed by atoms with Crippen LogP contribution in [0.25, 0.3) is 0 Å². The molecule has 1 saturated carbocycles. The summed E-state index contributed by atoms with van der Waals surface area (Å²) >= 11 is 0. The Hall–Kier alpha value is -1.47. The van der Waals surface area contributed by atoms with Gasteiger partial charge in [-0.2, -0.15) is 0 Å². The van der Waals surface area contributed by atoms with E-state index >= 15 is 0 Å². The molecule has 1 amide bonds. The summed E-state index contributed by atoms with van der Waals surface area (Å²) in [5, 5.41) is 0. The van der Waals surface area contributed by atoms with Crippen molar-refractivity contribution in [2.24, 2.45) is 0 Å². The van der Waals surface area contributed by atoms with Crippen molar-refractivity contribution in [3.05, 3.63) is 29.3 Å². The number of hydrogen-bond acceptors (Lipinski definition) is 5. The molecule has 2 heterocycles. The zero-order chi connectivity index (χ0) is 21.8. The van der Waals surface area contributed by atoms with Gasteiger partial charge in [-0.1, -0.05) is 12.1 Å². The number of benzene rings is 1. The lowest BCUT2D eigenvalue weighted by atomic mass is 9.79. The van der Waals surface area contributed by atoms with E-state index in [0.29, 0.717) is 38.4 Å². The van der Waals surface area contributed by atoms with E-state index in [-0.39, 0.29) is 11.4 Å². The van der Waals surface area contributed by atoms with Crippen LogP contribution in [0.2, 0.25) is 0 Å². The Balaban J connectivity index is 1.33. The standard InChI is InChI=1S/C25H38N2O4/c1-25(10-6-22(7-11-25)31-15-14-29-2)26-12-8-21(9-13-26)27-23-16-19(18-30-3)4-5-20(23)17-24(27)28/h4-5,16,21-22H,6-15,17-18H2,1-3H3/t22-,25-. The molecule has 31 heavy (non-hydrogen) atoms. The monoisotopic (exact) mass is 430 g/mol. The fourth-order valence-corrected chi connectivity index (χ4v) is 5.68. The molecule has 6 nitrogen and oxygen atoms in total. The van der Waals surface area contributed by atoms with Gasteiger partial charge in [0.25, 0.3) is 0 Å². The molecule has 1 aliphatic carbocycles. The molecule has 0 bridgehead atoms. The maximum atomic E-state index is 12.8. The Morgan fingerprint density at radius 1 is 1.03 bits per heavy atom. The zero-order valence-electron chi connectivity index (χ0n) is 19.4. The largest absolute Gasteiger partial charge is 0.382 e. The highest BCUT2D eigenvalue weighted by atomic mass is 16.5. The van der Waals surface area contributed by atoms with Crippen molar-refractivity contribution in [1.82, 2.24) is 4.90 Å². The van der Waals surface area contributed by atoms with Crippen LogP contribution < -0.4 is 4.90 Å². The number of carbonyl (C=O) groups is 1. The van der Waals surface area contributed by atoms with Crippen molar-refractivity contribution in [3.8, 4) is 0 Å². The third kappa shape index (κ3) is 4.98. The summed E-state index contributed by atoms with van der Waals surface area (Å²) in [5.41, 5.74) is 3.66. The van der Waals surface area contributed by atoms with Gasteiger partial charge in [0, 0.05) is 44.6 Å². The quantitative estimate of drug-likeness (QED) is 0.591. The molecular formula is C25H38N2O4. The normalized spacial score (nSPS) is 27.6. The average molecular weight is 431 g/mol. The van der Waals surface area contributed by atoms with Crippen molar-refractivity contribution >= 4 is 11.6 Å². The zero-order valence-corrected chi connectivity index (χ0v) is 19.4. The smallest absolute Gasteiger partial charge is 0.231 e. The van der Waals surface area contributed by atoms with Gasteiger partial charge in [-0.15, -0.1) is 0 Å². The Morgan fingerprint density at radius 3 is 2.45 bits per heavy atom. The van der Waals surface area contributed by atoms with Gasteiger partial charge in [-0.3, -0.25) is 9.69 Å². The molecule has 172 valence electrons. The van der Waals surface area contributed by atoms with Gasteiger partial charge in [0.05, 0.1) is 32.3 Å². The summed E-state index contributed by atoms with van der Waals surface area (Å²) in [5.74, 6) is 0.253. The van der Waals surface area contributed by atoms with Crippen molar-refractivity contribution in [2.45, 2.75) is 76.2 Å². The minimum atomic E-state index is 0.253. The molecule has 1 aromatic carbocycles. The Bertz CT molecular complexity index is 752. The number of anilines is 1. The first-order chi connectivity index (χ1) is 15.0. The molecule has 0 aromatic heterocycles. The van der Waals surface area contributed by atoms with E-state index in [2.05, 4.69) is 34.9 Å². The van der Waals surface area contributed by atoms with Crippen LogP contribution in [0.1, 0.15) is 56.6 Å². The van der Waals surface area contributed by atoms with Crippen molar-refractivity contribution in [1.29, 1.82) is 0 Å². The molecular weight excluding hydrogens is 392 g/mol. The van der Waals surface area contributed by atoms with E-state index in [1.165, 1.54) is 12.8 Å². The molecule has 4 rings (SSSR count). The van der Waals surface area contributed by atoms with Crippen LogP contribution in [-0.4, -0.2) is 69.0 Å². The van der Waals surface area contributed by atoms with Gasteiger partial charge >= 0.3 is 0 Å². The second-order valence-corrected chi connectivity index (χ2v) is 9.61. The Morgan fingerprint density at radius 2 is 1.77 bits per heavy atom. The van der Waals surface area contributed by atoms with Crippen LogP contribution in [0.3, 0.4) is 0 Å². The molecule has 0 unspecified atom stereocenters. The molecule has 0 radical (unpaired) electrons. The summed E-state index contributed by atoms with van der Waals surface area (Å²) in [6.45, 7) is 6.50. The number of piperidine rings is 1. The molecule has 0 N–H and O–H groups in total. The SMILES string of the molecule is COCCO[C@H]1CC[C@](C)(N2CCC(N3C(=O)Cc4ccc(COC)cc43)CC2)CC1. The minimum absolute atomic E-state index is 0.253. The molecule has 1 aromatic rings. The highest BCUT2D eigenvalue weighted by Gasteiger charge is 2.41. The van der Waals surface area contributed by atoms with Crippen LogP contribution in [0.15, 0.2) is 18.2 Å². The first kappa shape index (κ1) is 22.7. The maximum Gasteiger partial charge on any atom is 0.231 e. The van der Waals surface area contributed by atoms with E-state index in [4.69, 9.17) is 14.2 Å². The highest BCUT2D eigenvalue weighted by Crippen LogP contribution is 2.39. The van der Waals surface area contributed by atoms with Gasteiger partial charge in [0.2, 0.25) is 5.91 Å². The number of hydrogen-bond donors (Lipinski definition) is 0. The fourth-order valence-electron chi connectivity index (χ4n) is 5.68. The average Bonchev–Trinajstić information content (AvgIpc) is 3.11. The van der Waals surface area contributed by atoms with E-state index in [0.717, 1.165) is 55.6 Å². The minimum Gasteiger partial charge on any atom is -0.382 e. The van der Waals surface area contributed by atoms with Crippen LogP contribution in [0.4, 0.5) is 5.69 Å². The van der Waals surface area contributed by atoms with Gasteiger partial charge in [0.15, 0.2) is 0 Å². The predicted octanol–water partition coefficient (Wildman–Crippen LogP) is 3.55. The summed E-state index contributed by atoms with van der Waals surface area (Å²) in [6.07, 6.45) is 7.61. The second kappa shape index (κ2) is 9.99. The van der Waals surface area contributed by atoms with E-state index in [1.54, 1.807) is 14.2 Å².